The fraction of sp³-hybridized carbons (Fsp3) is 0.222. The van der Waals surface area contributed by atoms with Gasteiger partial charge in [-0.3, -0.25) is 9.78 Å². The van der Waals surface area contributed by atoms with Gasteiger partial charge in [0.25, 0.3) is 5.56 Å². The van der Waals surface area contributed by atoms with Crippen molar-refractivity contribution in [3.8, 4) is 0 Å². The largest absolute Gasteiger partial charge is 0.319 e. The zero-order valence-corrected chi connectivity index (χ0v) is 9.69. The number of thiazole rings is 1. The molecular weight excluding hydrogens is 230 g/mol. The Morgan fingerprint density at radius 3 is 3.07 bits per heavy atom. The molecule has 2 aromatic heterocycles. The van der Waals surface area contributed by atoms with Crippen LogP contribution in [0.4, 0.5) is 0 Å². The van der Waals surface area contributed by atoms with E-state index in [1.54, 1.807) is 22.1 Å². The van der Waals surface area contributed by atoms with Crippen molar-refractivity contribution >= 4 is 23.6 Å². The first-order valence-electron chi connectivity index (χ1n) is 4.36. The highest BCUT2D eigenvalue weighted by atomic mass is 32.1. The predicted octanol–water partition coefficient (Wildman–Crippen LogP) is 1.72. The van der Waals surface area contributed by atoms with Crippen molar-refractivity contribution in [2.24, 2.45) is 0 Å². The minimum absolute atomic E-state index is 0.175. The summed E-state index contributed by atoms with van der Waals surface area (Å²) in [6.45, 7) is 2.56. The molecule has 1 N–H and O–H groups in total. The van der Waals surface area contributed by atoms with E-state index in [0.29, 0.717) is 11.3 Å². The van der Waals surface area contributed by atoms with Crippen molar-refractivity contribution in [1.82, 2.24) is 14.5 Å². The lowest BCUT2D eigenvalue weighted by molar-refractivity contribution is 0.730. The van der Waals surface area contributed by atoms with Crippen LogP contribution in [-0.4, -0.2) is 14.5 Å². The van der Waals surface area contributed by atoms with Crippen molar-refractivity contribution in [2.45, 2.75) is 13.5 Å². The van der Waals surface area contributed by atoms with Gasteiger partial charge < -0.3 is 4.57 Å². The van der Waals surface area contributed by atoms with E-state index in [-0.39, 0.29) is 5.56 Å². The van der Waals surface area contributed by atoms with Gasteiger partial charge in [0, 0.05) is 17.6 Å². The molecule has 15 heavy (non-hydrogen) atoms. The van der Waals surface area contributed by atoms with E-state index in [1.807, 2.05) is 12.3 Å². The van der Waals surface area contributed by atoms with Crippen molar-refractivity contribution in [3.63, 3.8) is 0 Å². The van der Waals surface area contributed by atoms with E-state index in [1.165, 1.54) is 6.07 Å². The summed E-state index contributed by atoms with van der Waals surface area (Å²) >= 11 is 6.63. The second kappa shape index (κ2) is 4.08. The predicted molar refractivity (Wildman–Crippen MR) is 61.8 cm³/mol. The Bertz CT molecular complexity index is 581. The topological polar surface area (TPSA) is 50.7 Å². The standard InChI is InChI=1S/C9H9N3OS2/c1-6-10-7(5-15-6)4-12-3-2-8(13)11-9(12)14/h2-3,5H,4H2,1H3,(H,11,13,14). The fourth-order valence-electron chi connectivity index (χ4n) is 1.22. The summed E-state index contributed by atoms with van der Waals surface area (Å²) in [7, 11) is 0. The number of aromatic nitrogens is 3. The van der Waals surface area contributed by atoms with Gasteiger partial charge in [-0.1, -0.05) is 0 Å². The molecule has 0 amide bonds. The van der Waals surface area contributed by atoms with E-state index in [9.17, 15) is 4.79 Å². The van der Waals surface area contributed by atoms with Crippen LogP contribution in [0.3, 0.4) is 0 Å². The minimum Gasteiger partial charge on any atom is -0.319 e. The Morgan fingerprint density at radius 1 is 1.67 bits per heavy atom. The number of aryl methyl sites for hydroxylation is 1. The number of nitrogens with one attached hydrogen (secondary N) is 1. The number of rotatable bonds is 2. The minimum atomic E-state index is -0.175. The zero-order valence-electron chi connectivity index (χ0n) is 8.06. The van der Waals surface area contributed by atoms with Crippen molar-refractivity contribution < 1.29 is 0 Å². The molecule has 0 spiro atoms. The summed E-state index contributed by atoms with van der Waals surface area (Å²) in [6, 6.07) is 1.45. The molecular formula is C9H9N3OS2. The van der Waals surface area contributed by atoms with E-state index < -0.39 is 0 Å². The van der Waals surface area contributed by atoms with Crippen LogP contribution in [0.5, 0.6) is 0 Å². The summed E-state index contributed by atoms with van der Waals surface area (Å²) < 4.78 is 2.21. The van der Waals surface area contributed by atoms with Gasteiger partial charge in [0.15, 0.2) is 4.77 Å². The van der Waals surface area contributed by atoms with Gasteiger partial charge >= 0.3 is 0 Å². The van der Waals surface area contributed by atoms with Crippen LogP contribution in [0, 0.1) is 11.7 Å². The first kappa shape index (κ1) is 10.3. The van der Waals surface area contributed by atoms with E-state index in [0.717, 1.165) is 10.7 Å². The molecule has 2 heterocycles. The van der Waals surface area contributed by atoms with E-state index in [2.05, 4.69) is 9.97 Å². The van der Waals surface area contributed by atoms with E-state index >= 15 is 0 Å². The summed E-state index contributed by atoms with van der Waals surface area (Å²) in [5.41, 5.74) is 0.784. The average Bonchev–Trinajstić information content (AvgIpc) is 2.56. The van der Waals surface area contributed by atoms with Gasteiger partial charge in [0.1, 0.15) is 0 Å². The molecule has 0 bridgehead atoms. The molecule has 0 radical (unpaired) electrons. The molecule has 6 heteroatoms. The Morgan fingerprint density at radius 2 is 2.47 bits per heavy atom. The maximum absolute atomic E-state index is 10.9. The molecule has 0 atom stereocenters. The van der Waals surface area contributed by atoms with Crippen molar-refractivity contribution in [2.75, 3.05) is 0 Å². The van der Waals surface area contributed by atoms with E-state index in [4.69, 9.17) is 12.2 Å². The molecule has 0 unspecified atom stereocenters. The number of aromatic amines is 1. The van der Waals surface area contributed by atoms with Gasteiger partial charge in [0.05, 0.1) is 17.2 Å². The van der Waals surface area contributed by atoms with Gasteiger partial charge in [-0.05, 0) is 19.1 Å². The lowest BCUT2D eigenvalue weighted by Crippen LogP contribution is -2.11. The highest BCUT2D eigenvalue weighted by molar-refractivity contribution is 7.71. The SMILES string of the molecule is Cc1nc(Cn2ccc(=O)[nH]c2=S)cs1. The molecule has 4 nitrogen and oxygen atoms in total. The van der Waals surface area contributed by atoms with Gasteiger partial charge in [-0.2, -0.15) is 0 Å². The van der Waals surface area contributed by atoms with Crippen molar-refractivity contribution in [3.05, 3.63) is 43.5 Å². The fourth-order valence-corrected chi connectivity index (χ4v) is 2.05. The highest BCUT2D eigenvalue weighted by Gasteiger charge is 1.99. The van der Waals surface area contributed by atoms with Crippen LogP contribution in [0.1, 0.15) is 10.7 Å². The Hall–Kier alpha value is -1.27. The van der Waals surface area contributed by atoms with Crippen molar-refractivity contribution in [1.29, 1.82) is 0 Å². The lowest BCUT2D eigenvalue weighted by atomic mass is 10.4. The number of nitrogens with zero attached hydrogens (tertiary/aromatic N) is 2. The maximum Gasteiger partial charge on any atom is 0.251 e. The summed E-state index contributed by atoms with van der Waals surface area (Å²) in [4.78, 5) is 17.8. The third kappa shape index (κ3) is 2.40. The van der Waals surface area contributed by atoms with Crippen LogP contribution in [0.25, 0.3) is 0 Å². The number of hydrogen-bond acceptors (Lipinski definition) is 4. The molecule has 2 aromatic rings. The summed E-state index contributed by atoms with van der Waals surface area (Å²) in [5.74, 6) is 0. The molecule has 2 rings (SSSR count). The Labute approximate surface area is 95.2 Å². The third-order valence-corrected chi connectivity index (χ3v) is 3.05. The van der Waals surface area contributed by atoms with Crippen LogP contribution < -0.4 is 5.56 Å². The maximum atomic E-state index is 10.9. The first-order valence-corrected chi connectivity index (χ1v) is 5.65. The second-order valence-corrected chi connectivity index (χ2v) is 4.54. The molecule has 0 aliphatic carbocycles. The molecule has 0 fully saturated rings. The third-order valence-electron chi connectivity index (χ3n) is 1.90. The van der Waals surface area contributed by atoms with Crippen LogP contribution in [0.15, 0.2) is 22.4 Å². The number of hydrogen-bond donors (Lipinski definition) is 1. The molecule has 0 aromatic carbocycles. The highest BCUT2D eigenvalue weighted by Crippen LogP contribution is 2.08. The van der Waals surface area contributed by atoms with Crippen LogP contribution in [-0.2, 0) is 6.54 Å². The van der Waals surface area contributed by atoms with Gasteiger partial charge in [-0.15, -0.1) is 11.3 Å². The molecule has 78 valence electrons. The quantitative estimate of drug-likeness (QED) is 0.812. The average molecular weight is 239 g/mol. The molecule has 0 aliphatic heterocycles. The normalized spacial score (nSPS) is 10.5. The smallest absolute Gasteiger partial charge is 0.251 e. The number of H-pyrrole nitrogens is 1. The first-order chi connectivity index (χ1) is 7.15. The van der Waals surface area contributed by atoms with Crippen LogP contribution in [0.2, 0.25) is 0 Å². The monoisotopic (exact) mass is 239 g/mol. The second-order valence-electron chi connectivity index (χ2n) is 3.10. The zero-order chi connectivity index (χ0) is 10.8. The molecule has 0 saturated heterocycles. The summed E-state index contributed by atoms with van der Waals surface area (Å²) in [6.07, 6.45) is 1.68. The molecule has 0 aliphatic rings. The molecule has 0 saturated carbocycles. The Kier molecular flexibility index (Phi) is 2.79. The van der Waals surface area contributed by atoms with Crippen LogP contribution >= 0.6 is 23.6 Å². The summed E-state index contributed by atoms with van der Waals surface area (Å²) in [5, 5.41) is 3.02. The van der Waals surface area contributed by atoms with Gasteiger partial charge in [-0.25, -0.2) is 4.98 Å². The Balaban J connectivity index is 2.32. The van der Waals surface area contributed by atoms with Gasteiger partial charge in [0.2, 0.25) is 0 Å². The lowest BCUT2D eigenvalue weighted by Gasteiger charge is -2.02.